The highest BCUT2D eigenvalue weighted by Gasteiger charge is 2.19. The quantitative estimate of drug-likeness (QED) is 0.544. The maximum Gasteiger partial charge on any atom is 0.248 e. The van der Waals surface area contributed by atoms with Crippen LogP contribution < -0.4 is 17.2 Å². The summed E-state index contributed by atoms with van der Waals surface area (Å²) in [5.74, 6) is 0.253. The van der Waals surface area contributed by atoms with E-state index >= 15 is 0 Å². The molecule has 0 radical (unpaired) electrons. The predicted molar refractivity (Wildman–Crippen MR) is 97.3 cm³/mol. The highest BCUT2D eigenvalue weighted by molar-refractivity contribution is 5.93. The maximum atomic E-state index is 10.4. The second-order valence-electron chi connectivity index (χ2n) is 5.16. The molecule has 2 rings (SSSR count). The fourth-order valence-electron chi connectivity index (χ4n) is 2.28. The number of carbonyl (C=O) groups is 1. The molecule has 1 fully saturated rings. The van der Waals surface area contributed by atoms with Crippen molar-refractivity contribution >= 4 is 17.8 Å². The van der Waals surface area contributed by atoms with E-state index in [0.717, 1.165) is 19.6 Å². The summed E-state index contributed by atoms with van der Waals surface area (Å²) >= 11 is 0. The zero-order valence-electron chi connectivity index (χ0n) is 14.4. The van der Waals surface area contributed by atoms with Crippen molar-refractivity contribution < 1.29 is 4.79 Å². The minimum atomic E-state index is -0.379. The van der Waals surface area contributed by atoms with Crippen molar-refractivity contribution in [3.63, 3.8) is 0 Å². The van der Waals surface area contributed by atoms with Crippen molar-refractivity contribution in [1.82, 2.24) is 10.0 Å². The summed E-state index contributed by atoms with van der Waals surface area (Å²) < 4.78 is 0. The van der Waals surface area contributed by atoms with Crippen LogP contribution in [0.4, 0.5) is 0 Å². The SMILES string of the molecule is CCN(C(N)=NC(N)=NC)N1CCCC1.NC(=O)c1ccccc1. The third-order valence-corrected chi connectivity index (χ3v) is 3.50. The summed E-state index contributed by atoms with van der Waals surface area (Å²) in [6.45, 7) is 4.91. The minimum Gasteiger partial charge on any atom is -0.368 e. The molecule has 8 nitrogen and oxygen atoms in total. The van der Waals surface area contributed by atoms with E-state index < -0.39 is 0 Å². The standard InChI is InChI=1S/C9H20N6.C7H7NO/c1-3-15(14-6-4-5-7-14)9(11)13-8(10)12-2;8-7(9)6-4-2-1-3-5-6/h3-7H2,1-2H3,(H4,10,11,12,13);1-5H,(H2,8,9). The second-order valence-corrected chi connectivity index (χ2v) is 5.16. The van der Waals surface area contributed by atoms with Crippen LogP contribution in [0.2, 0.25) is 0 Å². The van der Waals surface area contributed by atoms with Gasteiger partial charge in [-0.1, -0.05) is 18.2 Å². The van der Waals surface area contributed by atoms with Crippen LogP contribution in [0.3, 0.4) is 0 Å². The number of benzene rings is 1. The van der Waals surface area contributed by atoms with Crippen LogP contribution in [0, 0.1) is 0 Å². The fraction of sp³-hybridized carbons (Fsp3) is 0.438. The molecule has 24 heavy (non-hydrogen) atoms. The van der Waals surface area contributed by atoms with Crippen LogP contribution in [0.5, 0.6) is 0 Å². The normalized spacial score (nSPS) is 15.6. The van der Waals surface area contributed by atoms with Gasteiger partial charge in [-0.3, -0.25) is 14.8 Å². The average molecular weight is 333 g/mol. The molecule has 1 aliphatic heterocycles. The molecule has 0 bridgehead atoms. The summed E-state index contributed by atoms with van der Waals surface area (Å²) in [4.78, 5) is 18.2. The topological polar surface area (TPSA) is 126 Å². The van der Waals surface area contributed by atoms with Crippen LogP contribution in [-0.4, -0.2) is 54.5 Å². The third-order valence-electron chi connectivity index (χ3n) is 3.50. The molecule has 8 heteroatoms. The van der Waals surface area contributed by atoms with Crippen molar-refractivity contribution in [1.29, 1.82) is 0 Å². The van der Waals surface area contributed by atoms with E-state index in [1.807, 2.05) is 18.0 Å². The Morgan fingerprint density at radius 3 is 2.17 bits per heavy atom. The summed E-state index contributed by atoms with van der Waals surface area (Å²) in [6.07, 6.45) is 2.42. The van der Waals surface area contributed by atoms with E-state index in [1.165, 1.54) is 12.8 Å². The number of carbonyl (C=O) groups excluding carboxylic acids is 1. The van der Waals surface area contributed by atoms with E-state index in [4.69, 9.17) is 17.2 Å². The van der Waals surface area contributed by atoms with Gasteiger partial charge in [0.25, 0.3) is 0 Å². The van der Waals surface area contributed by atoms with E-state index in [9.17, 15) is 4.79 Å². The highest BCUT2D eigenvalue weighted by Crippen LogP contribution is 2.10. The van der Waals surface area contributed by atoms with E-state index in [2.05, 4.69) is 15.0 Å². The smallest absolute Gasteiger partial charge is 0.248 e. The van der Waals surface area contributed by atoms with Gasteiger partial charge in [-0.05, 0) is 31.9 Å². The van der Waals surface area contributed by atoms with Crippen molar-refractivity contribution in [3.05, 3.63) is 35.9 Å². The predicted octanol–water partition coefficient (Wildman–Crippen LogP) is 0.364. The number of nitrogens with two attached hydrogens (primary N) is 3. The first-order valence-corrected chi connectivity index (χ1v) is 7.93. The second kappa shape index (κ2) is 10.2. The first kappa shape index (κ1) is 19.4. The van der Waals surface area contributed by atoms with Crippen LogP contribution in [0.1, 0.15) is 30.1 Å². The van der Waals surface area contributed by atoms with Gasteiger partial charge in [-0.25, -0.2) is 5.01 Å². The van der Waals surface area contributed by atoms with Gasteiger partial charge in [0.2, 0.25) is 17.8 Å². The Morgan fingerprint density at radius 1 is 1.17 bits per heavy atom. The van der Waals surface area contributed by atoms with E-state index in [0.29, 0.717) is 11.5 Å². The molecular weight excluding hydrogens is 306 g/mol. The zero-order chi connectivity index (χ0) is 17.9. The van der Waals surface area contributed by atoms with Gasteiger partial charge in [0.1, 0.15) is 0 Å². The first-order valence-electron chi connectivity index (χ1n) is 7.93. The number of aliphatic imine (C=N–C) groups is 2. The minimum absolute atomic E-state index is 0.213. The molecule has 1 aliphatic rings. The molecule has 1 saturated heterocycles. The molecule has 0 saturated carbocycles. The average Bonchev–Trinajstić information content (AvgIpc) is 3.11. The summed E-state index contributed by atoms with van der Waals surface area (Å²) in [6, 6.07) is 8.76. The Labute approximate surface area is 143 Å². The van der Waals surface area contributed by atoms with Crippen molar-refractivity contribution in [2.75, 3.05) is 26.7 Å². The molecule has 6 N–H and O–H groups in total. The van der Waals surface area contributed by atoms with Gasteiger partial charge in [0.15, 0.2) is 0 Å². The van der Waals surface area contributed by atoms with Crippen LogP contribution in [0.15, 0.2) is 40.3 Å². The first-order chi connectivity index (χ1) is 11.5. The lowest BCUT2D eigenvalue weighted by Crippen LogP contribution is -2.49. The summed E-state index contributed by atoms with van der Waals surface area (Å²) in [5.41, 5.74) is 16.9. The molecule has 0 unspecified atom stereocenters. The highest BCUT2D eigenvalue weighted by atomic mass is 16.1. The van der Waals surface area contributed by atoms with Crippen molar-refractivity contribution in [3.8, 4) is 0 Å². The molecule has 1 aromatic carbocycles. The Morgan fingerprint density at radius 2 is 1.75 bits per heavy atom. The zero-order valence-corrected chi connectivity index (χ0v) is 14.4. The number of hydrazine groups is 1. The Hall–Kier alpha value is -2.61. The van der Waals surface area contributed by atoms with Gasteiger partial charge in [0, 0.05) is 32.2 Å². The molecule has 132 valence electrons. The number of hydrogen-bond acceptors (Lipinski definition) is 3. The van der Waals surface area contributed by atoms with Crippen LogP contribution >= 0.6 is 0 Å². The Bertz CT molecular complexity index is 565. The van der Waals surface area contributed by atoms with Gasteiger partial charge in [0.05, 0.1) is 0 Å². The van der Waals surface area contributed by atoms with E-state index in [-0.39, 0.29) is 11.9 Å². The molecule has 0 aromatic heterocycles. The number of primary amides is 1. The van der Waals surface area contributed by atoms with Crippen molar-refractivity contribution in [2.24, 2.45) is 27.2 Å². The third kappa shape index (κ3) is 6.25. The van der Waals surface area contributed by atoms with Crippen LogP contribution in [-0.2, 0) is 0 Å². The van der Waals surface area contributed by atoms with Gasteiger partial charge < -0.3 is 17.2 Å². The maximum absolute atomic E-state index is 10.4. The van der Waals surface area contributed by atoms with Crippen LogP contribution in [0.25, 0.3) is 0 Å². The number of rotatable bonds is 3. The molecule has 1 aromatic rings. The van der Waals surface area contributed by atoms with E-state index in [1.54, 1.807) is 31.3 Å². The van der Waals surface area contributed by atoms with Gasteiger partial charge >= 0.3 is 0 Å². The number of amides is 1. The van der Waals surface area contributed by atoms with Gasteiger partial charge in [-0.15, -0.1) is 0 Å². The molecule has 1 heterocycles. The lowest BCUT2D eigenvalue weighted by molar-refractivity contribution is 0.0784. The van der Waals surface area contributed by atoms with Gasteiger partial charge in [-0.2, -0.15) is 4.99 Å². The molecule has 0 aliphatic carbocycles. The summed E-state index contributed by atoms with van der Waals surface area (Å²) in [5, 5.41) is 4.15. The molecule has 0 spiro atoms. The number of nitrogens with zero attached hydrogens (tertiary/aromatic N) is 4. The monoisotopic (exact) mass is 333 g/mol. The Kier molecular flexibility index (Phi) is 8.28. The molecular formula is C16H27N7O. The Balaban J connectivity index is 0.000000272. The number of hydrogen-bond donors (Lipinski definition) is 3. The molecule has 0 atom stereocenters. The fourth-order valence-corrected chi connectivity index (χ4v) is 2.28. The largest absolute Gasteiger partial charge is 0.368 e. The number of guanidine groups is 2. The van der Waals surface area contributed by atoms with Crippen molar-refractivity contribution in [2.45, 2.75) is 19.8 Å². The lowest BCUT2D eigenvalue weighted by atomic mass is 10.2. The lowest BCUT2D eigenvalue weighted by Gasteiger charge is -2.31. The molecule has 1 amide bonds. The summed E-state index contributed by atoms with van der Waals surface area (Å²) in [7, 11) is 1.60.